The fourth-order valence-electron chi connectivity index (χ4n) is 2.55. The largest absolute Gasteiger partial charge is 0.492 e. The molecule has 1 aliphatic heterocycles. The van der Waals surface area contributed by atoms with Crippen LogP contribution in [0.2, 0.25) is 0 Å². The van der Waals surface area contributed by atoms with Gasteiger partial charge in [-0.3, -0.25) is 0 Å². The molecule has 1 aliphatic rings. The summed E-state index contributed by atoms with van der Waals surface area (Å²) < 4.78 is 32.1. The fraction of sp³-hybridized carbons (Fsp3) is 0.600. The summed E-state index contributed by atoms with van der Waals surface area (Å²) in [6.07, 6.45) is 0.939. The number of hydrogen-bond acceptors (Lipinski definition) is 4. The lowest BCUT2D eigenvalue weighted by atomic mass is 9.96. The van der Waals surface area contributed by atoms with Crippen molar-refractivity contribution in [3.63, 3.8) is 0 Å². The van der Waals surface area contributed by atoms with Crippen LogP contribution < -0.4 is 10.5 Å². The first-order valence-electron chi connectivity index (χ1n) is 7.38. The van der Waals surface area contributed by atoms with Crippen LogP contribution in [0.25, 0.3) is 0 Å². The Morgan fingerprint density at radius 2 is 2.00 bits per heavy atom. The van der Waals surface area contributed by atoms with Gasteiger partial charge in [0.15, 0.2) is 0 Å². The zero-order chi connectivity index (χ0) is 15.5. The number of benzene rings is 1. The van der Waals surface area contributed by atoms with E-state index in [1.807, 2.05) is 0 Å². The maximum absolute atomic E-state index is 12.6. The monoisotopic (exact) mass is 312 g/mol. The van der Waals surface area contributed by atoms with Crippen LogP contribution in [0.5, 0.6) is 5.75 Å². The molecule has 2 rings (SSSR count). The summed E-state index contributed by atoms with van der Waals surface area (Å²) in [6.45, 7) is 6.37. The summed E-state index contributed by atoms with van der Waals surface area (Å²) in [7, 11) is -3.39. The average molecular weight is 312 g/mol. The van der Waals surface area contributed by atoms with E-state index in [1.165, 1.54) is 0 Å². The minimum atomic E-state index is -3.39. The van der Waals surface area contributed by atoms with Gasteiger partial charge in [0.05, 0.1) is 4.90 Å². The van der Waals surface area contributed by atoms with Gasteiger partial charge >= 0.3 is 0 Å². The summed E-state index contributed by atoms with van der Waals surface area (Å²) >= 11 is 0. The summed E-state index contributed by atoms with van der Waals surface area (Å²) in [6, 6.07) is 6.56. The molecule has 1 atom stereocenters. The Bertz CT molecular complexity index is 555. The molecule has 0 aliphatic carbocycles. The van der Waals surface area contributed by atoms with E-state index in [-0.39, 0.29) is 0 Å². The van der Waals surface area contributed by atoms with E-state index in [9.17, 15) is 8.42 Å². The highest BCUT2D eigenvalue weighted by atomic mass is 32.2. The maximum atomic E-state index is 12.6. The fourth-order valence-corrected chi connectivity index (χ4v) is 4.06. The lowest BCUT2D eigenvalue weighted by molar-refractivity contribution is 0.328. The summed E-state index contributed by atoms with van der Waals surface area (Å²) in [5.74, 6) is 1.60. The van der Waals surface area contributed by atoms with Crippen LogP contribution in [0.1, 0.15) is 20.3 Å². The molecule has 0 spiro atoms. The van der Waals surface area contributed by atoms with Crippen molar-refractivity contribution < 1.29 is 13.2 Å². The van der Waals surface area contributed by atoms with E-state index in [0.29, 0.717) is 48.7 Å². The van der Waals surface area contributed by atoms with Gasteiger partial charge in [0, 0.05) is 19.6 Å². The smallest absolute Gasteiger partial charge is 0.243 e. The lowest BCUT2D eigenvalue weighted by Crippen LogP contribution is -2.29. The normalized spacial score (nSPS) is 20.1. The maximum Gasteiger partial charge on any atom is 0.243 e. The highest BCUT2D eigenvalue weighted by molar-refractivity contribution is 7.89. The SMILES string of the molecule is CC(C)C1CCN(S(=O)(=O)c2ccc(OCCN)cc2)C1. The second kappa shape index (κ2) is 6.77. The predicted octanol–water partition coefficient (Wildman–Crippen LogP) is 1.69. The molecule has 0 bridgehead atoms. The Kier molecular flexibility index (Phi) is 5.24. The molecule has 0 amide bonds. The Balaban J connectivity index is 2.09. The van der Waals surface area contributed by atoms with Crippen molar-refractivity contribution in [3.05, 3.63) is 24.3 Å². The molecule has 1 fully saturated rings. The van der Waals surface area contributed by atoms with Crippen LogP contribution in [-0.4, -0.2) is 39.0 Å². The van der Waals surface area contributed by atoms with Crippen LogP contribution in [-0.2, 0) is 10.0 Å². The Morgan fingerprint density at radius 3 is 2.52 bits per heavy atom. The van der Waals surface area contributed by atoms with Crippen molar-refractivity contribution in [3.8, 4) is 5.75 Å². The molecule has 0 aromatic heterocycles. The van der Waals surface area contributed by atoms with Crippen molar-refractivity contribution in [2.75, 3.05) is 26.2 Å². The second-order valence-corrected chi connectivity index (χ2v) is 7.70. The topological polar surface area (TPSA) is 72.6 Å². The van der Waals surface area contributed by atoms with E-state index >= 15 is 0 Å². The van der Waals surface area contributed by atoms with Crippen molar-refractivity contribution in [1.82, 2.24) is 4.31 Å². The molecular weight excluding hydrogens is 288 g/mol. The van der Waals surface area contributed by atoms with E-state index in [2.05, 4.69) is 13.8 Å². The number of sulfonamides is 1. The van der Waals surface area contributed by atoms with Gasteiger partial charge in [-0.1, -0.05) is 13.8 Å². The Labute approximate surface area is 127 Å². The van der Waals surface area contributed by atoms with Crippen LogP contribution in [0.4, 0.5) is 0 Å². The van der Waals surface area contributed by atoms with Gasteiger partial charge in [-0.05, 0) is 42.5 Å². The number of nitrogens with zero attached hydrogens (tertiary/aromatic N) is 1. The van der Waals surface area contributed by atoms with Gasteiger partial charge in [0.2, 0.25) is 10.0 Å². The van der Waals surface area contributed by atoms with Crippen molar-refractivity contribution in [2.45, 2.75) is 25.2 Å². The number of hydrogen-bond donors (Lipinski definition) is 1. The Morgan fingerprint density at radius 1 is 1.33 bits per heavy atom. The van der Waals surface area contributed by atoms with Gasteiger partial charge < -0.3 is 10.5 Å². The van der Waals surface area contributed by atoms with Gasteiger partial charge in [-0.2, -0.15) is 4.31 Å². The molecule has 1 heterocycles. The molecule has 21 heavy (non-hydrogen) atoms. The van der Waals surface area contributed by atoms with Gasteiger partial charge in [0.25, 0.3) is 0 Å². The van der Waals surface area contributed by atoms with Gasteiger partial charge in [-0.25, -0.2) is 8.42 Å². The standard InChI is InChI=1S/C15H24N2O3S/c1-12(2)13-7-9-17(11-13)21(18,19)15-5-3-14(4-6-15)20-10-8-16/h3-6,12-13H,7-11,16H2,1-2H3. The first-order chi connectivity index (χ1) is 9.95. The lowest BCUT2D eigenvalue weighted by Gasteiger charge is -2.18. The highest BCUT2D eigenvalue weighted by Crippen LogP contribution is 2.29. The van der Waals surface area contributed by atoms with Crippen LogP contribution in [0.15, 0.2) is 29.2 Å². The predicted molar refractivity (Wildman–Crippen MR) is 82.7 cm³/mol. The molecule has 0 radical (unpaired) electrons. The highest BCUT2D eigenvalue weighted by Gasteiger charge is 2.33. The van der Waals surface area contributed by atoms with E-state index in [0.717, 1.165) is 6.42 Å². The zero-order valence-electron chi connectivity index (χ0n) is 12.7. The first-order valence-corrected chi connectivity index (χ1v) is 8.82. The molecule has 1 unspecified atom stereocenters. The molecule has 1 aromatic rings. The summed E-state index contributed by atoms with van der Waals surface area (Å²) in [5, 5.41) is 0. The second-order valence-electron chi connectivity index (χ2n) is 5.76. The third-order valence-corrected chi connectivity index (χ3v) is 5.86. The Hall–Kier alpha value is -1.11. The van der Waals surface area contributed by atoms with E-state index < -0.39 is 10.0 Å². The molecule has 0 saturated carbocycles. The third kappa shape index (κ3) is 3.75. The van der Waals surface area contributed by atoms with Crippen LogP contribution in [0.3, 0.4) is 0 Å². The molecule has 5 nitrogen and oxygen atoms in total. The molecule has 6 heteroatoms. The van der Waals surface area contributed by atoms with Crippen molar-refractivity contribution in [2.24, 2.45) is 17.6 Å². The van der Waals surface area contributed by atoms with Crippen molar-refractivity contribution in [1.29, 1.82) is 0 Å². The number of ether oxygens (including phenoxy) is 1. The minimum absolute atomic E-state index is 0.326. The summed E-state index contributed by atoms with van der Waals surface area (Å²) in [5.41, 5.74) is 5.37. The van der Waals surface area contributed by atoms with E-state index in [4.69, 9.17) is 10.5 Å². The molecule has 1 aromatic carbocycles. The minimum Gasteiger partial charge on any atom is -0.492 e. The number of rotatable bonds is 6. The average Bonchev–Trinajstić information content (AvgIpc) is 2.96. The molecular formula is C15H24N2O3S. The first kappa shape index (κ1) is 16.3. The third-order valence-electron chi connectivity index (χ3n) is 3.98. The molecule has 118 valence electrons. The zero-order valence-corrected chi connectivity index (χ0v) is 13.5. The van der Waals surface area contributed by atoms with Crippen LogP contribution in [0, 0.1) is 11.8 Å². The number of nitrogens with two attached hydrogens (primary N) is 1. The summed E-state index contributed by atoms with van der Waals surface area (Å²) in [4.78, 5) is 0.326. The quantitative estimate of drug-likeness (QED) is 0.867. The van der Waals surface area contributed by atoms with Crippen LogP contribution >= 0.6 is 0 Å². The van der Waals surface area contributed by atoms with Crippen molar-refractivity contribution >= 4 is 10.0 Å². The van der Waals surface area contributed by atoms with Gasteiger partial charge in [-0.15, -0.1) is 0 Å². The molecule has 1 saturated heterocycles. The van der Waals surface area contributed by atoms with E-state index in [1.54, 1.807) is 28.6 Å². The van der Waals surface area contributed by atoms with Gasteiger partial charge in [0.1, 0.15) is 12.4 Å². The molecule has 2 N–H and O–H groups in total.